The fourth-order valence-electron chi connectivity index (χ4n) is 1.69. The van der Waals surface area contributed by atoms with Gasteiger partial charge in [0.2, 0.25) is 0 Å². The van der Waals surface area contributed by atoms with Crippen LogP contribution in [0.5, 0.6) is 11.5 Å². The van der Waals surface area contributed by atoms with Crippen LogP contribution in [0, 0.1) is 5.82 Å². The molecule has 3 nitrogen and oxygen atoms in total. The van der Waals surface area contributed by atoms with E-state index >= 15 is 0 Å². The van der Waals surface area contributed by atoms with Gasteiger partial charge in [-0.25, -0.2) is 4.39 Å². The van der Waals surface area contributed by atoms with Crippen LogP contribution in [0.2, 0.25) is 0 Å². The molecule has 0 radical (unpaired) electrons. The van der Waals surface area contributed by atoms with E-state index in [1.807, 2.05) is 12.1 Å². The van der Waals surface area contributed by atoms with Gasteiger partial charge in [0.05, 0.1) is 7.11 Å². The highest BCUT2D eigenvalue weighted by Gasteiger charge is 2.09. The molecule has 106 valence electrons. The lowest BCUT2D eigenvalue weighted by molar-refractivity contribution is 0.0519. The first-order valence-corrected chi connectivity index (χ1v) is 7.06. The van der Waals surface area contributed by atoms with Gasteiger partial charge < -0.3 is 14.2 Å². The van der Waals surface area contributed by atoms with Gasteiger partial charge in [0, 0.05) is 17.7 Å². The summed E-state index contributed by atoms with van der Waals surface area (Å²) in [6.45, 7) is 0.154. The summed E-state index contributed by atoms with van der Waals surface area (Å²) in [6.07, 6.45) is 0. The van der Waals surface area contributed by atoms with E-state index in [1.54, 1.807) is 38.5 Å². The molecule has 0 saturated carbocycles. The topological polar surface area (TPSA) is 27.7 Å². The number of rotatable bonds is 6. The molecule has 0 saturated heterocycles. The van der Waals surface area contributed by atoms with E-state index in [2.05, 4.69) is 0 Å². The first kappa shape index (κ1) is 14.8. The number of benzene rings is 2. The molecule has 0 aliphatic heterocycles. The van der Waals surface area contributed by atoms with E-state index in [1.165, 1.54) is 6.07 Å². The van der Waals surface area contributed by atoms with Crippen molar-refractivity contribution in [3.8, 4) is 11.5 Å². The number of methoxy groups -OCH3 is 2. The Morgan fingerprint density at radius 2 is 1.85 bits per heavy atom. The Morgan fingerprint density at radius 3 is 2.55 bits per heavy atom. The number of hydrogen-bond acceptors (Lipinski definition) is 3. The fourth-order valence-corrected chi connectivity index (χ4v) is 2.86. The summed E-state index contributed by atoms with van der Waals surface area (Å²) in [5.74, 6) is 1.18. The van der Waals surface area contributed by atoms with E-state index in [0.29, 0.717) is 16.8 Å². The lowest BCUT2D eigenvalue weighted by Crippen LogP contribution is -2.12. The van der Waals surface area contributed by atoms with Crippen LogP contribution in [0.4, 0.5) is 4.39 Å². The minimum Gasteiger partial charge on any atom is -0.497 e. The second-order valence-corrected chi connectivity index (χ2v) is 5.35. The maximum atomic E-state index is 13.8. The van der Waals surface area contributed by atoms with Gasteiger partial charge in [0.15, 0.2) is 6.79 Å². The summed E-state index contributed by atoms with van der Waals surface area (Å²) in [6, 6.07) is 12.2. The lowest BCUT2D eigenvalue weighted by Gasteiger charge is -2.12. The smallest absolute Gasteiger partial charge is 0.188 e. The summed E-state index contributed by atoms with van der Waals surface area (Å²) in [4.78, 5) is 0. The van der Waals surface area contributed by atoms with Gasteiger partial charge in [-0.1, -0.05) is 26.8 Å². The fraction of sp³-hybridized carbons (Fsp3) is 0.200. The zero-order chi connectivity index (χ0) is 14.4. The molecule has 5 heteroatoms. The van der Waals surface area contributed by atoms with Gasteiger partial charge >= 0.3 is 0 Å². The van der Waals surface area contributed by atoms with E-state index in [0.717, 1.165) is 5.30 Å². The molecule has 2 rings (SSSR count). The summed E-state index contributed by atoms with van der Waals surface area (Å²) in [5, 5.41) is 1.52. The summed E-state index contributed by atoms with van der Waals surface area (Å²) >= 11 is 0. The third-order valence-electron chi connectivity index (χ3n) is 2.66. The predicted octanol–water partition coefficient (Wildman–Crippen LogP) is 2.45. The molecule has 0 heterocycles. The highest BCUT2D eigenvalue weighted by molar-refractivity contribution is 7.55. The van der Waals surface area contributed by atoms with Gasteiger partial charge in [0.1, 0.15) is 17.3 Å². The summed E-state index contributed by atoms with van der Waals surface area (Å²) in [5.41, 5.74) is 0. The molecule has 0 spiro atoms. The van der Waals surface area contributed by atoms with Crippen molar-refractivity contribution >= 4 is 19.2 Å². The molecule has 20 heavy (non-hydrogen) atoms. The molecule has 0 N–H and O–H groups in total. The van der Waals surface area contributed by atoms with E-state index in [4.69, 9.17) is 14.2 Å². The Labute approximate surface area is 119 Å². The zero-order valence-corrected chi connectivity index (χ0v) is 12.4. The third kappa shape index (κ3) is 3.69. The first-order chi connectivity index (χ1) is 9.74. The van der Waals surface area contributed by atoms with Gasteiger partial charge in [-0.05, 0) is 24.3 Å². The molecule has 0 fully saturated rings. The normalized spacial score (nSPS) is 10.9. The summed E-state index contributed by atoms with van der Waals surface area (Å²) < 4.78 is 29.4. The van der Waals surface area contributed by atoms with Gasteiger partial charge in [-0.3, -0.25) is 0 Å². The standard InChI is InChI=1S/C15H16FO3P/c1-17-10-19-13-8-7-11(18-2)9-15(13)20-14-6-4-3-5-12(14)16/h3-9,20H,10H2,1-2H3. The van der Waals surface area contributed by atoms with Crippen LogP contribution in [-0.4, -0.2) is 21.0 Å². The molecule has 0 aromatic heterocycles. The third-order valence-corrected chi connectivity index (χ3v) is 4.00. The van der Waals surface area contributed by atoms with Crippen molar-refractivity contribution in [2.24, 2.45) is 0 Å². The van der Waals surface area contributed by atoms with E-state index in [9.17, 15) is 4.39 Å². The lowest BCUT2D eigenvalue weighted by atomic mass is 10.3. The van der Waals surface area contributed by atoms with Crippen molar-refractivity contribution in [2.45, 2.75) is 0 Å². The molecule has 0 aliphatic carbocycles. The monoisotopic (exact) mass is 294 g/mol. The van der Waals surface area contributed by atoms with Crippen LogP contribution in [0.1, 0.15) is 0 Å². The molecule has 2 aromatic carbocycles. The molecule has 2 aromatic rings. The molecule has 1 atom stereocenters. The highest BCUT2D eigenvalue weighted by Crippen LogP contribution is 2.24. The second kappa shape index (κ2) is 7.22. The Kier molecular flexibility index (Phi) is 5.33. The van der Waals surface area contributed by atoms with Crippen molar-refractivity contribution in [1.29, 1.82) is 0 Å². The Bertz CT molecular complexity index is 575. The van der Waals surface area contributed by atoms with Crippen LogP contribution in [-0.2, 0) is 4.74 Å². The minimum atomic E-state index is -0.216. The van der Waals surface area contributed by atoms with Crippen LogP contribution in [0.25, 0.3) is 0 Å². The van der Waals surface area contributed by atoms with Crippen LogP contribution >= 0.6 is 8.58 Å². The quantitative estimate of drug-likeness (QED) is 0.605. The number of ether oxygens (including phenoxy) is 3. The van der Waals surface area contributed by atoms with Crippen molar-refractivity contribution in [1.82, 2.24) is 0 Å². The van der Waals surface area contributed by atoms with Gasteiger partial charge in [0.25, 0.3) is 0 Å². The number of hydrogen-bond donors (Lipinski definition) is 0. The molecule has 1 unspecified atom stereocenters. The largest absolute Gasteiger partial charge is 0.497 e. The number of halogens is 1. The first-order valence-electron chi connectivity index (χ1n) is 6.06. The maximum absolute atomic E-state index is 13.8. The highest BCUT2D eigenvalue weighted by atomic mass is 31.1. The SMILES string of the molecule is COCOc1ccc(OC)cc1Pc1ccccc1F. The Morgan fingerprint density at radius 1 is 1.05 bits per heavy atom. The maximum Gasteiger partial charge on any atom is 0.188 e. The van der Waals surface area contributed by atoms with Crippen molar-refractivity contribution in [2.75, 3.05) is 21.0 Å². The second-order valence-electron chi connectivity index (χ2n) is 4.02. The Balaban J connectivity index is 2.30. The van der Waals surface area contributed by atoms with Crippen LogP contribution < -0.4 is 20.1 Å². The van der Waals surface area contributed by atoms with Gasteiger partial charge in [-0.15, -0.1) is 0 Å². The van der Waals surface area contributed by atoms with E-state index < -0.39 is 0 Å². The molecular formula is C15H16FO3P. The van der Waals surface area contributed by atoms with Crippen molar-refractivity contribution in [3.63, 3.8) is 0 Å². The molecular weight excluding hydrogens is 278 g/mol. The molecule has 0 amide bonds. The minimum absolute atomic E-state index is 0.150. The average Bonchev–Trinajstić information content (AvgIpc) is 2.48. The van der Waals surface area contributed by atoms with Crippen molar-refractivity contribution in [3.05, 3.63) is 48.3 Å². The molecule has 0 bridgehead atoms. The molecule has 0 aliphatic rings. The van der Waals surface area contributed by atoms with Gasteiger partial charge in [-0.2, -0.15) is 0 Å². The van der Waals surface area contributed by atoms with Crippen LogP contribution in [0.3, 0.4) is 0 Å². The Hall–Kier alpha value is -1.64. The van der Waals surface area contributed by atoms with E-state index in [-0.39, 0.29) is 21.2 Å². The zero-order valence-electron chi connectivity index (χ0n) is 11.4. The van der Waals surface area contributed by atoms with Crippen molar-refractivity contribution < 1.29 is 18.6 Å². The summed E-state index contributed by atoms with van der Waals surface area (Å²) in [7, 11) is 3.31. The van der Waals surface area contributed by atoms with Crippen LogP contribution in [0.15, 0.2) is 42.5 Å². The average molecular weight is 294 g/mol. The predicted molar refractivity (Wildman–Crippen MR) is 79.5 cm³/mol.